The molecule has 0 unspecified atom stereocenters. The van der Waals surface area contributed by atoms with Gasteiger partial charge in [0.15, 0.2) is 0 Å². The molecule has 0 spiro atoms. The lowest BCUT2D eigenvalue weighted by molar-refractivity contribution is 0.344. The van der Waals surface area contributed by atoms with E-state index in [1.165, 1.54) is 21.5 Å². The van der Waals surface area contributed by atoms with Crippen LogP contribution in [0, 0.1) is 0 Å². The summed E-state index contributed by atoms with van der Waals surface area (Å²) in [6.07, 6.45) is 0. The Morgan fingerprint density at radius 3 is 1.15 bits per heavy atom. The van der Waals surface area contributed by atoms with Crippen LogP contribution in [0.15, 0.2) is 121 Å². The molecule has 0 radical (unpaired) electrons. The topological polar surface area (TPSA) is 9.23 Å². The van der Waals surface area contributed by atoms with Crippen molar-refractivity contribution in [2.45, 2.75) is 6.61 Å². The molecule has 1 nitrogen and oxygen atoms in total. The van der Waals surface area contributed by atoms with Gasteiger partial charge >= 0.3 is 0 Å². The zero-order valence-corrected chi connectivity index (χ0v) is 16.0. The second-order valence-electron chi connectivity index (χ2n) is 6.37. The summed E-state index contributed by atoms with van der Waals surface area (Å²) in [7, 11) is -2.22. The Morgan fingerprint density at radius 1 is 0.444 bits per heavy atom. The summed E-state index contributed by atoms with van der Waals surface area (Å²) in [6.45, 7) is 0.577. The van der Waals surface area contributed by atoms with Crippen LogP contribution in [-0.2, 0) is 11.1 Å². The Balaban J connectivity index is 1.89. The Bertz CT molecular complexity index is 857. The first-order valence-electron chi connectivity index (χ1n) is 9.14. The van der Waals surface area contributed by atoms with Crippen molar-refractivity contribution >= 4 is 23.4 Å². The van der Waals surface area contributed by atoms with Gasteiger partial charge in [0, 0.05) is 0 Å². The van der Waals surface area contributed by atoms with E-state index in [1.54, 1.807) is 0 Å². The van der Waals surface area contributed by atoms with Gasteiger partial charge in [0.1, 0.15) is 22.5 Å². The lowest BCUT2D eigenvalue weighted by atomic mass is 10.2. The van der Waals surface area contributed by atoms with Crippen molar-refractivity contribution in [1.82, 2.24) is 0 Å². The molecule has 0 bridgehead atoms. The molecule has 0 fully saturated rings. The zero-order valence-electron chi connectivity index (χ0n) is 15.1. The molecule has 0 atom stereocenters. The average Bonchev–Trinajstić information content (AvgIpc) is 2.77. The van der Waals surface area contributed by atoms with Crippen molar-refractivity contribution in [3.63, 3.8) is 0 Å². The van der Waals surface area contributed by atoms with Gasteiger partial charge in [-0.1, -0.05) is 84.9 Å². The summed E-state index contributed by atoms with van der Waals surface area (Å²) < 4.78 is 6.89. The van der Waals surface area contributed by atoms with Gasteiger partial charge in [-0.2, -0.15) is 0 Å². The maximum absolute atomic E-state index is 6.89. The molecule has 0 amide bonds. The molecule has 0 aromatic heterocycles. The van der Waals surface area contributed by atoms with Crippen molar-refractivity contribution < 1.29 is 4.52 Å². The first kappa shape index (κ1) is 17.7. The smallest absolute Gasteiger partial charge is 0.217 e. The van der Waals surface area contributed by atoms with Gasteiger partial charge in [-0.05, 0) is 42.0 Å². The molecule has 0 heterocycles. The second-order valence-corrected chi connectivity index (χ2v) is 9.40. The summed E-state index contributed by atoms with van der Waals surface area (Å²) in [5.41, 5.74) is 1.18. The number of rotatable bonds is 6. The van der Waals surface area contributed by atoms with Crippen molar-refractivity contribution in [2.24, 2.45) is 0 Å². The summed E-state index contributed by atoms with van der Waals surface area (Å²) in [5.74, 6) is 0. The van der Waals surface area contributed by atoms with Crippen LogP contribution in [0.2, 0.25) is 0 Å². The van der Waals surface area contributed by atoms with Gasteiger partial charge in [-0.15, -0.1) is 0 Å². The number of hydrogen-bond donors (Lipinski definition) is 0. The highest BCUT2D eigenvalue weighted by Gasteiger charge is 2.47. The van der Waals surface area contributed by atoms with E-state index in [4.69, 9.17) is 4.52 Å². The maximum atomic E-state index is 6.89. The fraction of sp³-hybridized carbons (Fsp3) is 0.0400. The van der Waals surface area contributed by atoms with Crippen LogP contribution in [0.5, 0.6) is 0 Å². The molecule has 4 aromatic carbocycles. The molecule has 0 aliphatic heterocycles. The van der Waals surface area contributed by atoms with Crippen LogP contribution in [0.4, 0.5) is 0 Å². The molecule has 0 saturated carbocycles. The van der Waals surface area contributed by atoms with E-state index in [1.807, 2.05) is 6.07 Å². The molecule has 2 heteroatoms. The largest absolute Gasteiger partial charge is 0.242 e. The third-order valence-electron chi connectivity index (χ3n) is 4.63. The molecule has 0 saturated heterocycles. The Kier molecular flexibility index (Phi) is 5.44. The van der Waals surface area contributed by atoms with Crippen LogP contribution in [-0.4, -0.2) is 0 Å². The van der Waals surface area contributed by atoms with Crippen molar-refractivity contribution in [1.29, 1.82) is 0 Å². The number of hydrogen-bond acceptors (Lipinski definition) is 1. The normalized spacial score (nSPS) is 11.3. The third-order valence-corrected chi connectivity index (χ3v) is 8.22. The standard InChI is InChI=1S/C25H22OP/c1-5-13-22(14-6-1)21-26-27(23-15-7-2-8-16-23,24-17-9-3-10-18-24)25-19-11-4-12-20-25/h1-20H,21H2/q+1. The van der Waals surface area contributed by atoms with Crippen LogP contribution < -0.4 is 15.9 Å². The molecule has 4 rings (SSSR count). The third kappa shape index (κ3) is 3.71. The molecule has 4 aromatic rings. The van der Waals surface area contributed by atoms with E-state index in [0.717, 1.165) is 0 Å². The molecule has 0 aliphatic rings. The Labute approximate surface area is 161 Å². The van der Waals surface area contributed by atoms with E-state index in [9.17, 15) is 0 Å². The summed E-state index contributed by atoms with van der Waals surface area (Å²) in [4.78, 5) is 0. The Morgan fingerprint density at radius 2 is 0.778 bits per heavy atom. The van der Waals surface area contributed by atoms with Gasteiger partial charge in [0.25, 0.3) is 0 Å². The Hall–Kier alpha value is -2.73. The fourth-order valence-corrected chi connectivity index (χ4v) is 6.79. The quantitative estimate of drug-likeness (QED) is 0.429. The summed E-state index contributed by atoms with van der Waals surface area (Å²) >= 11 is 0. The minimum absolute atomic E-state index is 0.577. The SMILES string of the molecule is c1ccc(CO[P+](c2ccccc2)(c2ccccc2)c2ccccc2)cc1. The van der Waals surface area contributed by atoms with E-state index in [2.05, 4.69) is 115 Å². The van der Waals surface area contributed by atoms with Gasteiger partial charge in [0.05, 0.1) is 0 Å². The highest BCUT2D eigenvalue weighted by Crippen LogP contribution is 2.56. The zero-order chi connectivity index (χ0) is 18.4. The molecule has 0 N–H and O–H groups in total. The predicted octanol–water partition coefficient (Wildman–Crippen LogP) is 5.11. The fourth-order valence-electron chi connectivity index (χ4n) is 3.33. The highest BCUT2D eigenvalue weighted by atomic mass is 31.2. The first-order chi connectivity index (χ1) is 13.4. The highest BCUT2D eigenvalue weighted by molar-refractivity contribution is 7.91. The van der Waals surface area contributed by atoms with Gasteiger partial charge in [-0.25, -0.2) is 4.52 Å². The van der Waals surface area contributed by atoms with E-state index in [0.29, 0.717) is 6.61 Å². The minimum atomic E-state index is -2.22. The van der Waals surface area contributed by atoms with Crippen molar-refractivity contribution in [3.8, 4) is 0 Å². The van der Waals surface area contributed by atoms with E-state index >= 15 is 0 Å². The molecule has 0 aliphatic carbocycles. The van der Waals surface area contributed by atoms with Gasteiger partial charge in [0.2, 0.25) is 7.49 Å². The van der Waals surface area contributed by atoms with Crippen molar-refractivity contribution in [3.05, 3.63) is 127 Å². The second kappa shape index (κ2) is 8.31. The van der Waals surface area contributed by atoms with Crippen LogP contribution in [0.3, 0.4) is 0 Å². The van der Waals surface area contributed by atoms with Crippen LogP contribution >= 0.6 is 7.49 Å². The minimum Gasteiger partial charge on any atom is -0.217 e. The average molecular weight is 369 g/mol. The van der Waals surface area contributed by atoms with E-state index < -0.39 is 7.49 Å². The molecular formula is C25H22OP+. The summed E-state index contributed by atoms with van der Waals surface area (Å²) in [6, 6.07) is 42.3. The monoisotopic (exact) mass is 369 g/mol. The summed E-state index contributed by atoms with van der Waals surface area (Å²) in [5, 5.41) is 3.70. The predicted molar refractivity (Wildman–Crippen MR) is 116 cm³/mol. The molecular weight excluding hydrogens is 347 g/mol. The lowest BCUT2D eigenvalue weighted by Crippen LogP contribution is -2.32. The van der Waals surface area contributed by atoms with Crippen LogP contribution in [0.1, 0.15) is 5.56 Å². The lowest BCUT2D eigenvalue weighted by Gasteiger charge is -2.25. The van der Waals surface area contributed by atoms with Crippen molar-refractivity contribution in [2.75, 3.05) is 0 Å². The maximum Gasteiger partial charge on any atom is 0.242 e. The van der Waals surface area contributed by atoms with Crippen LogP contribution in [0.25, 0.3) is 0 Å². The molecule has 132 valence electrons. The van der Waals surface area contributed by atoms with E-state index in [-0.39, 0.29) is 0 Å². The van der Waals surface area contributed by atoms with Gasteiger partial charge in [-0.3, -0.25) is 0 Å². The number of benzene rings is 4. The van der Waals surface area contributed by atoms with Gasteiger partial charge < -0.3 is 0 Å². The first-order valence-corrected chi connectivity index (χ1v) is 10.8. The molecule has 27 heavy (non-hydrogen) atoms.